The van der Waals surface area contributed by atoms with Crippen molar-refractivity contribution >= 4 is 29.1 Å². The Balaban J connectivity index is 1.30. The van der Waals surface area contributed by atoms with Gasteiger partial charge in [0.1, 0.15) is 5.82 Å². The Hall–Kier alpha value is -4.79. The quantitative estimate of drug-likeness (QED) is 0.330. The average Bonchev–Trinajstić information content (AvgIpc) is 3.40. The number of aryl methyl sites for hydroxylation is 1. The van der Waals surface area contributed by atoms with Crippen molar-refractivity contribution in [2.24, 2.45) is 0 Å². The minimum atomic E-state index is -0.489. The van der Waals surface area contributed by atoms with Gasteiger partial charge in [-0.3, -0.25) is 14.4 Å². The number of halogens is 1. The van der Waals surface area contributed by atoms with Crippen molar-refractivity contribution in [1.29, 1.82) is 0 Å². The van der Waals surface area contributed by atoms with Gasteiger partial charge in [-0.2, -0.15) is 0 Å². The van der Waals surface area contributed by atoms with Crippen molar-refractivity contribution in [1.82, 2.24) is 14.9 Å². The third-order valence-electron chi connectivity index (χ3n) is 5.29. The molecule has 4 rings (SSSR count). The Labute approximate surface area is 207 Å². The molecule has 9 heteroatoms. The number of nitrogens with zero attached hydrogens (tertiary/aromatic N) is 2. The van der Waals surface area contributed by atoms with E-state index >= 15 is 0 Å². The van der Waals surface area contributed by atoms with Gasteiger partial charge >= 0.3 is 0 Å². The van der Waals surface area contributed by atoms with Crippen molar-refractivity contribution < 1.29 is 18.8 Å². The molecule has 36 heavy (non-hydrogen) atoms. The van der Waals surface area contributed by atoms with Crippen molar-refractivity contribution in [3.05, 3.63) is 114 Å². The van der Waals surface area contributed by atoms with Crippen LogP contribution in [0.3, 0.4) is 0 Å². The zero-order valence-electron chi connectivity index (χ0n) is 19.3. The maximum atomic E-state index is 13.4. The summed E-state index contributed by atoms with van der Waals surface area (Å²) in [7, 11) is 0. The normalized spacial score (nSPS) is 10.5. The van der Waals surface area contributed by atoms with E-state index in [1.165, 1.54) is 18.2 Å². The summed E-state index contributed by atoms with van der Waals surface area (Å²) >= 11 is 0. The van der Waals surface area contributed by atoms with Gasteiger partial charge in [0.25, 0.3) is 11.8 Å². The summed E-state index contributed by atoms with van der Waals surface area (Å²) in [4.78, 5) is 41.2. The molecule has 0 radical (unpaired) electrons. The van der Waals surface area contributed by atoms with E-state index in [1.54, 1.807) is 61.2 Å². The Morgan fingerprint density at radius 2 is 1.56 bits per heavy atom. The number of aromatic nitrogens is 2. The van der Waals surface area contributed by atoms with Crippen molar-refractivity contribution in [2.75, 3.05) is 10.6 Å². The van der Waals surface area contributed by atoms with Crippen LogP contribution in [0.15, 0.2) is 91.5 Å². The molecule has 1 aromatic heterocycles. The Kier molecular flexibility index (Phi) is 7.82. The molecule has 3 amide bonds. The first-order chi connectivity index (χ1) is 17.5. The van der Waals surface area contributed by atoms with Crippen molar-refractivity contribution in [3.8, 4) is 0 Å². The fourth-order valence-electron chi connectivity index (χ4n) is 3.49. The Morgan fingerprint density at radius 3 is 2.31 bits per heavy atom. The van der Waals surface area contributed by atoms with Gasteiger partial charge in [-0.25, -0.2) is 9.37 Å². The predicted molar refractivity (Wildman–Crippen MR) is 134 cm³/mol. The van der Waals surface area contributed by atoms with Gasteiger partial charge < -0.3 is 20.5 Å². The zero-order valence-corrected chi connectivity index (χ0v) is 19.3. The van der Waals surface area contributed by atoms with Crippen LogP contribution in [0.4, 0.5) is 15.8 Å². The molecule has 0 unspecified atom stereocenters. The predicted octanol–water partition coefficient (Wildman–Crippen LogP) is 4.23. The molecule has 0 saturated heterocycles. The highest BCUT2D eigenvalue weighted by atomic mass is 19.1. The molecule has 8 nitrogen and oxygen atoms in total. The van der Waals surface area contributed by atoms with Crippen LogP contribution in [-0.2, 0) is 17.9 Å². The van der Waals surface area contributed by atoms with Crippen LogP contribution < -0.4 is 16.0 Å². The summed E-state index contributed by atoms with van der Waals surface area (Å²) in [6.07, 6.45) is 5.36. The fraction of sp³-hybridized carbons (Fsp3) is 0.111. The van der Waals surface area contributed by atoms with Crippen LogP contribution in [0.5, 0.6) is 0 Å². The number of amides is 3. The molecular weight excluding hydrogens is 461 g/mol. The highest BCUT2D eigenvalue weighted by molar-refractivity contribution is 6.04. The first-order valence-corrected chi connectivity index (χ1v) is 11.3. The number of hydrogen-bond acceptors (Lipinski definition) is 4. The molecule has 1 heterocycles. The molecular formula is C27H24FN5O3. The highest BCUT2D eigenvalue weighted by Gasteiger charge is 2.10. The molecule has 0 bridgehead atoms. The van der Waals surface area contributed by atoms with E-state index in [1.807, 2.05) is 10.6 Å². The average molecular weight is 486 g/mol. The topological polar surface area (TPSA) is 105 Å². The van der Waals surface area contributed by atoms with E-state index in [0.717, 1.165) is 11.6 Å². The van der Waals surface area contributed by atoms with Crippen LogP contribution in [0.2, 0.25) is 0 Å². The molecule has 0 atom stereocenters. The number of anilines is 2. The summed E-state index contributed by atoms with van der Waals surface area (Å²) < 4.78 is 15.2. The van der Waals surface area contributed by atoms with Crippen LogP contribution in [0.25, 0.3) is 0 Å². The number of benzene rings is 3. The maximum absolute atomic E-state index is 13.4. The molecule has 0 saturated carbocycles. The Bertz CT molecular complexity index is 1370. The Morgan fingerprint density at radius 1 is 0.833 bits per heavy atom. The lowest BCUT2D eigenvalue weighted by molar-refractivity contribution is -0.116. The lowest BCUT2D eigenvalue weighted by Crippen LogP contribution is -2.23. The number of carbonyl (C=O) groups excluding carboxylic acids is 3. The van der Waals surface area contributed by atoms with Crippen LogP contribution in [-0.4, -0.2) is 27.3 Å². The lowest BCUT2D eigenvalue weighted by atomic mass is 10.1. The SMILES string of the molecule is O=C(CCn1ccnc1)Nc1cccc(C(=O)NCc2cccc(NC(=O)c3cccc(F)c3)c2)c1. The number of rotatable bonds is 9. The molecule has 0 aliphatic heterocycles. The molecule has 0 spiro atoms. The lowest BCUT2D eigenvalue weighted by Gasteiger charge is -2.10. The molecule has 0 fully saturated rings. The second-order valence-electron chi connectivity index (χ2n) is 8.03. The molecule has 182 valence electrons. The maximum Gasteiger partial charge on any atom is 0.255 e. The van der Waals surface area contributed by atoms with Crippen molar-refractivity contribution in [3.63, 3.8) is 0 Å². The smallest absolute Gasteiger partial charge is 0.255 e. The van der Waals surface area contributed by atoms with E-state index in [4.69, 9.17) is 0 Å². The molecule has 0 aliphatic rings. The minimum Gasteiger partial charge on any atom is -0.348 e. The monoisotopic (exact) mass is 485 g/mol. The van der Waals surface area contributed by atoms with E-state index in [9.17, 15) is 18.8 Å². The second-order valence-corrected chi connectivity index (χ2v) is 8.03. The van der Waals surface area contributed by atoms with E-state index in [-0.39, 0.29) is 30.3 Å². The summed E-state index contributed by atoms with van der Waals surface area (Å²) in [5.74, 6) is -1.39. The van der Waals surface area contributed by atoms with Gasteiger partial charge in [-0.15, -0.1) is 0 Å². The van der Waals surface area contributed by atoms with Gasteiger partial charge in [0.2, 0.25) is 5.91 Å². The van der Waals surface area contributed by atoms with Gasteiger partial charge in [-0.1, -0.05) is 24.3 Å². The third-order valence-corrected chi connectivity index (χ3v) is 5.29. The van der Waals surface area contributed by atoms with Crippen LogP contribution >= 0.6 is 0 Å². The van der Waals surface area contributed by atoms with Crippen LogP contribution in [0, 0.1) is 5.82 Å². The van der Waals surface area contributed by atoms with Gasteiger partial charge in [-0.05, 0) is 54.1 Å². The van der Waals surface area contributed by atoms with E-state index in [2.05, 4.69) is 20.9 Å². The highest BCUT2D eigenvalue weighted by Crippen LogP contribution is 2.15. The number of nitrogens with one attached hydrogen (secondary N) is 3. The molecule has 4 aromatic rings. The number of carbonyl (C=O) groups is 3. The number of imidazole rings is 1. The molecule has 0 aliphatic carbocycles. The number of hydrogen-bond donors (Lipinski definition) is 3. The van der Waals surface area contributed by atoms with Gasteiger partial charge in [0.15, 0.2) is 0 Å². The summed E-state index contributed by atoms with van der Waals surface area (Å²) in [6.45, 7) is 0.734. The summed E-state index contributed by atoms with van der Waals surface area (Å²) in [5, 5.41) is 8.36. The van der Waals surface area contributed by atoms with E-state index in [0.29, 0.717) is 23.5 Å². The van der Waals surface area contributed by atoms with Gasteiger partial charge in [0.05, 0.1) is 6.33 Å². The van der Waals surface area contributed by atoms with Crippen molar-refractivity contribution in [2.45, 2.75) is 19.5 Å². The second kappa shape index (κ2) is 11.6. The molecule has 3 aromatic carbocycles. The minimum absolute atomic E-state index is 0.168. The largest absolute Gasteiger partial charge is 0.348 e. The zero-order chi connectivity index (χ0) is 25.3. The summed E-state index contributed by atoms with van der Waals surface area (Å²) in [5.41, 5.74) is 2.43. The first kappa shape index (κ1) is 24.3. The van der Waals surface area contributed by atoms with Crippen LogP contribution in [0.1, 0.15) is 32.7 Å². The molecule has 3 N–H and O–H groups in total. The van der Waals surface area contributed by atoms with Gasteiger partial charge in [0, 0.05) is 54.4 Å². The third kappa shape index (κ3) is 6.86. The summed E-state index contributed by atoms with van der Waals surface area (Å²) in [6, 6.07) is 19.1. The standard InChI is InChI=1S/C27H24FN5O3/c28-22-7-2-5-20(15-22)27(36)32-23-8-1-4-19(14-23)17-30-26(35)21-6-3-9-24(16-21)31-25(34)10-12-33-13-11-29-18-33/h1-9,11,13-16,18H,10,12,17H2,(H,30,35)(H,31,34)(H,32,36). The first-order valence-electron chi connectivity index (χ1n) is 11.3. The fourth-order valence-corrected chi connectivity index (χ4v) is 3.49. The van der Waals surface area contributed by atoms with E-state index < -0.39 is 11.7 Å².